The van der Waals surface area contributed by atoms with E-state index in [1.54, 1.807) is 0 Å². The molecule has 3 aromatic rings. The third-order valence-electron chi connectivity index (χ3n) is 4.74. The monoisotopic (exact) mass is 371 g/mol. The van der Waals surface area contributed by atoms with E-state index >= 15 is 0 Å². The summed E-state index contributed by atoms with van der Waals surface area (Å²) in [5.41, 5.74) is 7.64. The first kappa shape index (κ1) is 17.3. The van der Waals surface area contributed by atoms with E-state index in [1.807, 2.05) is 24.3 Å². The normalized spacial score (nSPS) is 16.7. The van der Waals surface area contributed by atoms with Crippen LogP contribution >= 0.6 is 11.3 Å². The van der Waals surface area contributed by atoms with E-state index in [2.05, 4.69) is 20.3 Å². The minimum Gasteiger partial charge on any atom is -0.394 e. The van der Waals surface area contributed by atoms with E-state index in [0.29, 0.717) is 16.7 Å². The van der Waals surface area contributed by atoms with Crippen molar-refractivity contribution in [1.29, 1.82) is 0 Å². The minimum atomic E-state index is -0.488. The molecule has 3 N–H and O–H groups in total. The molecule has 2 aromatic heterocycles. The Labute approximate surface area is 155 Å². The van der Waals surface area contributed by atoms with E-state index < -0.39 is 6.04 Å². The van der Waals surface area contributed by atoms with Crippen LogP contribution in [0.2, 0.25) is 0 Å². The molecule has 1 aliphatic carbocycles. The largest absolute Gasteiger partial charge is 0.394 e. The van der Waals surface area contributed by atoms with Gasteiger partial charge in [-0.05, 0) is 12.8 Å². The zero-order valence-corrected chi connectivity index (χ0v) is 15.2. The van der Waals surface area contributed by atoms with Gasteiger partial charge in [0.15, 0.2) is 0 Å². The van der Waals surface area contributed by atoms with Gasteiger partial charge < -0.3 is 15.4 Å². The molecule has 2 heterocycles. The SMILES string of the molecule is NC(CO)c1nnc(-c2ccc(-c3noc(C4CCCCC4)n3)cc2)s1. The Balaban J connectivity index is 1.51. The predicted molar refractivity (Wildman–Crippen MR) is 98.5 cm³/mol. The highest BCUT2D eigenvalue weighted by atomic mass is 32.1. The zero-order chi connectivity index (χ0) is 17.9. The van der Waals surface area contributed by atoms with Gasteiger partial charge in [0.1, 0.15) is 10.0 Å². The Hall–Kier alpha value is -2.16. The fraction of sp³-hybridized carbons (Fsp3) is 0.444. The summed E-state index contributed by atoms with van der Waals surface area (Å²) in [6.45, 7) is -0.144. The van der Waals surface area contributed by atoms with Gasteiger partial charge in [0.05, 0.1) is 12.6 Å². The molecule has 1 aliphatic rings. The lowest BCUT2D eigenvalue weighted by atomic mass is 9.89. The summed E-state index contributed by atoms with van der Waals surface area (Å²) in [4.78, 5) is 4.60. The first-order chi connectivity index (χ1) is 12.7. The molecule has 136 valence electrons. The summed E-state index contributed by atoms with van der Waals surface area (Å²) >= 11 is 1.39. The summed E-state index contributed by atoms with van der Waals surface area (Å²) in [5.74, 6) is 1.78. The lowest BCUT2D eigenvalue weighted by Crippen LogP contribution is -2.13. The number of hydrogen-bond acceptors (Lipinski definition) is 8. The van der Waals surface area contributed by atoms with Gasteiger partial charge in [-0.25, -0.2) is 0 Å². The van der Waals surface area contributed by atoms with Crippen LogP contribution in [-0.4, -0.2) is 32.1 Å². The van der Waals surface area contributed by atoms with Crippen molar-refractivity contribution in [3.05, 3.63) is 35.2 Å². The van der Waals surface area contributed by atoms with Crippen molar-refractivity contribution in [3.8, 4) is 22.0 Å². The summed E-state index contributed by atoms with van der Waals surface area (Å²) in [7, 11) is 0. The second-order valence-corrected chi connectivity index (χ2v) is 7.61. The number of aliphatic hydroxyl groups is 1. The Bertz CT molecular complexity index is 855. The van der Waals surface area contributed by atoms with Crippen molar-refractivity contribution in [3.63, 3.8) is 0 Å². The number of aromatic nitrogens is 4. The number of benzene rings is 1. The molecule has 4 rings (SSSR count). The standard InChI is InChI=1S/C18H21N5O2S/c19-14(10-24)18-22-21-17(26-18)13-8-6-11(7-9-13)15-20-16(25-23-15)12-4-2-1-3-5-12/h6-9,12,14,24H,1-5,10,19H2. The van der Waals surface area contributed by atoms with Crippen LogP contribution in [0.5, 0.6) is 0 Å². The van der Waals surface area contributed by atoms with E-state index in [4.69, 9.17) is 15.4 Å². The van der Waals surface area contributed by atoms with Gasteiger partial charge in [0.25, 0.3) is 0 Å². The van der Waals surface area contributed by atoms with Crippen LogP contribution in [0, 0.1) is 0 Å². The second kappa shape index (κ2) is 7.61. The maximum atomic E-state index is 9.12. The van der Waals surface area contributed by atoms with Crippen LogP contribution in [0.3, 0.4) is 0 Å². The van der Waals surface area contributed by atoms with Crippen LogP contribution in [-0.2, 0) is 0 Å². The van der Waals surface area contributed by atoms with E-state index in [0.717, 1.165) is 34.9 Å². The van der Waals surface area contributed by atoms with E-state index in [1.165, 1.54) is 30.6 Å². The minimum absolute atomic E-state index is 0.144. The first-order valence-electron chi connectivity index (χ1n) is 8.89. The highest BCUT2D eigenvalue weighted by Crippen LogP contribution is 2.33. The Morgan fingerprint density at radius 1 is 1.12 bits per heavy atom. The van der Waals surface area contributed by atoms with E-state index in [-0.39, 0.29) is 6.61 Å². The third-order valence-corrected chi connectivity index (χ3v) is 5.84. The summed E-state index contributed by atoms with van der Waals surface area (Å²) in [5, 5.41) is 22.9. The van der Waals surface area contributed by atoms with Crippen LogP contribution in [0.1, 0.15) is 55.0 Å². The molecule has 7 nitrogen and oxygen atoms in total. The average molecular weight is 371 g/mol. The van der Waals surface area contributed by atoms with Crippen LogP contribution in [0.15, 0.2) is 28.8 Å². The molecule has 0 spiro atoms. The molecule has 0 aliphatic heterocycles. The maximum absolute atomic E-state index is 9.12. The fourth-order valence-electron chi connectivity index (χ4n) is 3.21. The average Bonchev–Trinajstić information content (AvgIpc) is 3.38. The zero-order valence-electron chi connectivity index (χ0n) is 14.3. The molecule has 1 aromatic carbocycles. The lowest BCUT2D eigenvalue weighted by Gasteiger charge is -2.17. The molecule has 1 unspecified atom stereocenters. The predicted octanol–water partition coefficient (Wildman–Crippen LogP) is 3.29. The van der Waals surface area contributed by atoms with E-state index in [9.17, 15) is 0 Å². The number of rotatable bonds is 5. The lowest BCUT2D eigenvalue weighted by molar-refractivity contribution is 0.267. The Kier molecular flexibility index (Phi) is 5.05. The molecule has 0 amide bonds. The van der Waals surface area contributed by atoms with Gasteiger partial charge in [0.2, 0.25) is 11.7 Å². The molecular weight excluding hydrogens is 350 g/mol. The smallest absolute Gasteiger partial charge is 0.230 e. The van der Waals surface area contributed by atoms with Crippen molar-refractivity contribution < 1.29 is 9.63 Å². The highest BCUT2D eigenvalue weighted by Gasteiger charge is 2.22. The topological polar surface area (TPSA) is 111 Å². The van der Waals surface area contributed by atoms with Gasteiger partial charge in [-0.2, -0.15) is 4.98 Å². The number of hydrogen-bond donors (Lipinski definition) is 2. The molecule has 0 radical (unpaired) electrons. The van der Waals surface area contributed by atoms with Crippen LogP contribution < -0.4 is 5.73 Å². The van der Waals surface area contributed by atoms with Gasteiger partial charge >= 0.3 is 0 Å². The van der Waals surface area contributed by atoms with Crippen molar-refractivity contribution in [2.75, 3.05) is 6.61 Å². The quantitative estimate of drug-likeness (QED) is 0.708. The van der Waals surface area contributed by atoms with Crippen LogP contribution in [0.4, 0.5) is 0 Å². The molecule has 0 saturated heterocycles. The number of nitrogens with two attached hydrogens (primary N) is 1. The summed E-state index contributed by atoms with van der Waals surface area (Å²) in [6, 6.07) is 7.34. The summed E-state index contributed by atoms with van der Waals surface area (Å²) < 4.78 is 5.50. The van der Waals surface area contributed by atoms with Gasteiger partial charge in [-0.1, -0.05) is 60.0 Å². The van der Waals surface area contributed by atoms with Gasteiger partial charge in [0, 0.05) is 17.0 Å². The molecule has 8 heteroatoms. The van der Waals surface area contributed by atoms with Gasteiger partial charge in [-0.15, -0.1) is 10.2 Å². The van der Waals surface area contributed by atoms with Crippen molar-refractivity contribution >= 4 is 11.3 Å². The summed E-state index contributed by atoms with van der Waals surface area (Å²) in [6.07, 6.45) is 6.04. The second-order valence-electron chi connectivity index (χ2n) is 6.60. The Morgan fingerprint density at radius 2 is 1.85 bits per heavy atom. The number of aliphatic hydroxyl groups excluding tert-OH is 1. The molecule has 1 saturated carbocycles. The highest BCUT2D eigenvalue weighted by molar-refractivity contribution is 7.14. The van der Waals surface area contributed by atoms with Crippen LogP contribution in [0.25, 0.3) is 22.0 Å². The molecule has 1 fully saturated rings. The Morgan fingerprint density at radius 3 is 2.58 bits per heavy atom. The van der Waals surface area contributed by atoms with Crippen molar-refractivity contribution in [2.24, 2.45) is 5.73 Å². The third kappa shape index (κ3) is 3.53. The maximum Gasteiger partial charge on any atom is 0.230 e. The molecular formula is C18H21N5O2S. The number of nitrogens with zero attached hydrogens (tertiary/aromatic N) is 4. The first-order valence-corrected chi connectivity index (χ1v) is 9.70. The molecule has 26 heavy (non-hydrogen) atoms. The van der Waals surface area contributed by atoms with Gasteiger partial charge in [-0.3, -0.25) is 0 Å². The molecule has 1 atom stereocenters. The van der Waals surface area contributed by atoms with Crippen molar-refractivity contribution in [2.45, 2.75) is 44.1 Å². The fourth-order valence-corrected chi connectivity index (χ4v) is 4.05. The van der Waals surface area contributed by atoms with Crippen molar-refractivity contribution in [1.82, 2.24) is 20.3 Å². The molecule has 0 bridgehead atoms.